The van der Waals surface area contributed by atoms with E-state index in [0.29, 0.717) is 0 Å². The predicted octanol–water partition coefficient (Wildman–Crippen LogP) is 15.9. The largest absolute Gasteiger partial charge is 0.456 e. The lowest BCUT2D eigenvalue weighted by Crippen LogP contribution is -2.62. The molecule has 0 spiro atoms. The van der Waals surface area contributed by atoms with E-state index in [4.69, 9.17) is 4.42 Å². The number of furan rings is 1. The summed E-state index contributed by atoms with van der Waals surface area (Å²) in [5.41, 5.74) is 23.7. The van der Waals surface area contributed by atoms with Crippen LogP contribution in [-0.2, 0) is 21.7 Å². The fraction of sp³-hybridized carbons (Fsp3) is 0.250. The number of para-hydroxylation sites is 1. The van der Waals surface area contributed by atoms with Crippen molar-refractivity contribution in [3.8, 4) is 22.3 Å². The minimum Gasteiger partial charge on any atom is -0.456 e. The number of anilines is 6. The summed E-state index contributed by atoms with van der Waals surface area (Å²) in [5, 5.41) is 2.30. The van der Waals surface area contributed by atoms with Crippen molar-refractivity contribution in [2.24, 2.45) is 0 Å². The van der Waals surface area contributed by atoms with Gasteiger partial charge in [-0.3, -0.25) is 0 Å². The van der Waals surface area contributed by atoms with Gasteiger partial charge in [-0.05, 0) is 162 Å². The Morgan fingerprint density at radius 2 is 0.941 bits per heavy atom. The minimum absolute atomic E-state index is 0.0263. The molecule has 0 saturated heterocycles. The molecule has 4 heteroatoms. The smallest absolute Gasteiger partial charge is 0.252 e. The highest BCUT2D eigenvalue weighted by molar-refractivity contribution is 7.00. The summed E-state index contributed by atoms with van der Waals surface area (Å²) in [5.74, 6) is 0. The zero-order chi connectivity index (χ0) is 47.1. The molecule has 1 aromatic heterocycles. The Kier molecular flexibility index (Phi) is 9.30. The Morgan fingerprint density at radius 3 is 1.57 bits per heavy atom. The Morgan fingerprint density at radius 1 is 0.426 bits per heavy atom. The second-order valence-electron chi connectivity index (χ2n) is 23.3. The summed E-state index contributed by atoms with van der Waals surface area (Å²) in [6.07, 6.45) is 2.32. The summed E-state index contributed by atoms with van der Waals surface area (Å²) in [6, 6.07) is 62.0. The van der Waals surface area contributed by atoms with Crippen LogP contribution in [0.5, 0.6) is 0 Å². The fourth-order valence-electron chi connectivity index (χ4n) is 11.7. The van der Waals surface area contributed by atoms with Crippen LogP contribution in [0.2, 0.25) is 0 Å². The van der Waals surface area contributed by atoms with Gasteiger partial charge in [0.05, 0.1) is 0 Å². The van der Waals surface area contributed by atoms with Gasteiger partial charge in [-0.25, -0.2) is 0 Å². The number of fused-ring (bicyclic) bond motifs is 8. The third kappa shape index (κ3) is 6.69. The Balaban J connectivity index is 1.12. The number of hydrogen-bond donors (Lipinski definition) is 0. The maximum Gasteiger partial charge on any atom is 0.252 e. The molecule has 0 unspecified atom stereocenters. The molecule has 12 rings (SSSR count). The van der Waals surface area contributed by atoms with Crippen molar-refractivity contribution >= 4 is 79.2 Å². The van der Waals surface area contributed by atoms with Gasteiger partial charge < -0.3 is 14.2 Å². The van der Waals surface area contributed by atoms with E-state index in [1.165, 1.54) is 78.1 Å². The lowest BCUT2D eigenvalue weighted by Gasteiger charge is -2.48. The highest BCUT2D eigenvalue weighted by Gasteiger charge is 2.47. The van der Waals surface area contributed by atoms with Gasteiger partial charge in [-0.1, -0.05) is 166 Å². The van der Waals surface area contributed by atoms with Crippen molar-refractivity contribution in [2.75, 3.05) is 9.80 Å². The second-order valence-corrected chi connectivity index (χ2v) is 23.3. The second kappa shape index (κ2) is 14.9. The quantitative estimate of drug-likeness (QED) is 0.164. The lowest BCUT2D eigenvalue weighted by atomic mass is 9.32. The molecule has 3 heterocycles. The zero-order valence-corrected chi connectivity index (χ0v) is 41.4. The molecule has 0 saturated carbocycles. The van der Waals surface area contributed by atoms with Crippen LogP contribution >= 0.6 is 0 Å². The summed E-state index contributed by atoms with van der Waals surface area (Å²) in [6.45, 7) is 24.0. The molecule has 3 nitrogen and oxygen atoms in total. The van der Waals surface area contributed by atoms with Crippen LogP contribution in [0, 0.1) is 0 Å². The standard InChI is InChI=1S/C64H61BN2O/c1-61(2,3)44-25-31-54-52(35-44)65-53-38-50-51(64(9,10)33-32-63(50,7)8)39-55(53)67(47-28-22-42(23-29-47)43-24-30-49-48-18-14-15-19-58(48)68-59(49)34-43)57-37-45(62(4,5)6)36-56(60(57)65)66(54)46-26-20-41(21-27-46)40-16-12-11-13-17-40/h11-31,34-39H,32-33H2,1-10H3. The van der Waals surface area contributed by atoms with E-state index in [-0.39, 0.29) is 28.4 Å². The van der Waals surface area contributed by atoms with E-state index in [1.807, 2.05) is 6.07 Å². The van der Waals surface area contributed by atoms with Gasteiger partial charge in [0.1, 0.15) is 11.2 Å². The Labute approximate surface area is 403 Å². The maximum absolute atomic E-state index is 6.37. The molecule has 2 aliphatic heterocycles. The van der Waals surface area contributed by atoms with Crippen LogP contribution in [0.15, 0.2) is 168 Å². The molecule has 0 radical (unpaired) electrons. The molecule has 68 heavy (non-hydrogen) atoms. The molecule has 336 valence electrons. The SMILES string of the molecule is CC(C)(C)c1ccc2c(c1)B1c3cc4c(cc3N(c3ccc(-c5ccc6c(c5)oc5ccccc56)cc3)c3cc(C(C)(C)C)cc(c31)N2c1ccc(-c2ccccc2)cc1)C(C)(C)CCC4(C)C. The molecule has 1 aliphatic carbocycles. The van der Waals surface area contributed by atoms with E-state index >= 15 is 0 Å². The van der Waals surface area contributed by atoms with Crippen LogP contribution < -0.4 is 26.2 Å². The molecular formula is C64H61BN2O. The van der Waals surface area contributed by atoms with Gasteiger partial charge in [0.15, 0.2) is 0 Å². The summed E-state index contributed by atoms with van der Waals surface area (Å²) in [4.78, 5) is 5.20. The predicted molar refractivity (Wildman–Crippen MR) is 291 cm³/mol. The van der Waals surface area contributed by atoms with Gasteiger partial charge in [-0.2, -0.15) is 0 Å². The third-order valence-electron chi connectivity index (χ3n) is 15.8. The normalized spacial score (nSPS) is 15.8. The van der Waals surface area contributed by atoms with Gasteiger partial charge >= 0.3 is 0 Å². The van der Waals surface area contributed by atoms with E-state index in [9.17, 15) is 0 Å². The van der Waals surface area contributed by atoms with Crippen LogP contribution in [-0.4, -0.2) is 6.71 Å². The monoisotopic (exact) mass is 884 g/mol. The first-order chi connectivity index (χ1) is 32.4. The molecule has 0 fully saturated rings. The molecule has 9 aromatic rings. The molecule has 0 N–H and O–H groups in total. The lowest BCUT2D eigenvalue weighted by molar-refractivity contribution is 0.332. The minimum atomic E-state index is -0.118. The first kappa shape index (κ1) is 42.6. The first-order valence-electron chi connectivity index (χ1n) is 24.7. The highest BCUT2D eigenvalue weighted by Crippen LogP contribution is 2.51. The van der Waals surface area contributed by atoms with Crippen LogP contribution in [0.25, 0.3) is 44.2 Å². The number of hydrogen-bond acceptors (Lipinski definition) is 3. The van der Waals surface area contributed by atoms with Crippen molar-refractivity contribution in [3.05, 3.63) is 186 Å². The van der Waals surface area contributed by atoms with Gasteiger partial charge in [-0.15, -0.1) is 0 Å². The number of nitrogens with zero attached hydrogens (tertiary/aromatic N) is 2. The van der Waals surface area contributed by atoms with Crippen LogP contribution in [0.1, 0.15) is 104 Å². The Hall–Kier alpha value is -6.78. The molecule has 3 aliphatic rings. The van der Waals surface area contributed by atoms with Gasteiger partial charge in [0, 0.05) is 44.9 Å². The maximum atomic E-state index is 6.37. The average molecular weight is 885 g/mol. The Bertz CT molecular complexity index is 3470. The third-order valence-corrected chi connectivity index (χ3v) is 15.8. The summed E-state index contributed by atoms with van der Waals surface area (Å²) in [7, 11) is 0. The van der Waals surface area contributed by atoms with E-state index < -0.39 is 0 Å². The van der Waals surface area contributed by atoms with E-state index in [1.54, 1.807) is 0 Å². The molecule has 0 amide bonds. The summed E-state index contributed by atoms with van der Waals surface area (Å²) >= 11 is 0. The summed E-state index contributed by atoms with van der Waals surface area (Å²) < 4.78 is 6.37. The number of benzene rings is 8. The molecule has 8 aromatic carbocycles. The highest BCUT2D eigenvalue weighted by atomic mass is 16.3. The zero-order valence-electron chi connectivity index (χ0n) is 41.4. The van der Waals surface area contributed by atoms with E-state index in [2.05, 4.69) is 237 Å². The van der Waals surface area contributed by atoms with Crippen molar-refractivity contribution in [3.63, 3.8) is 0 Å². The van der Waals surface area contributed by atoms with Gasteiger partial charge in [0.25, 0.3) is 6.71 Å². The van der Waals surface area contributed by atoms with Crippen LogP contribution in [0.4, 0.5) is 34.1 Å². The van der Waals surface area contributed by atoms with Crippen molar-refractivity contribution in [1.82, 2.24) is 0 Å². The topological polar surface area (TPSA) is 19.6 Å². The molecule has 0 atom stereocenters. The van der Waals surface area contributed by atoms with E-state index in [0.717, 1.165) is 51.7 Å². The number of rotatable bonds is 4. The van der Waals surface area contributed by atoms with Crippen LogP contribution in [0.3, 0.4) is 0 Å². The fourth-order valence-corrected chi connectivity index (χ4v) is 11.7. The van der Waals surface area contributed by atoms with Crippen molar-refractivity contribution in [2.45, 2.75) is 104 Å². The van der Waals surface area contributed by atoms with Gasteiger partial charge in [0.2, 0.25) is 0 Å². The molecule has 0 bridgehead atoms. The van der Waals surface area contributed by atoms with Crippen molar-refractivity contribution in [1.29, 1.82) is 0 Å². The first-order valence-corrected chi connectivity index (χ1v) is 24.7. The van der Waals surface area contributed by atoms with Crippen molar-refractivity contribution < 1.29 is 4.42 Å². The molecular weight excluding hydrogens is 824 g/mol. The average Bonchev–Trinajstić information content (AvgIpc) is 3.70.